The van der Waals surface area contributed by atoms with Crippen LogP contribution in [0, 0.1) is 6.92 Å². The molecule has 0 bridgehead atoms. The van der Waals surface area contributed by atoms with Gasteiger partial charge in [-0.05, 0) is 37.3 Å². The molecule has 0 atom stereocenters. The minimum absolute atomic E-state index is 0.124. The summed E-state index contributed by atoms with van der Waals surface area (Å²) in [6.07, 6.45) is 1.52. The van der Waals surface area contributed by atoms with Crippen molar-refractivity contribution >= 4 is 38.2 Å². The van der Waals surface area contributed by atoms with E-state index in [9.17, 15) is 13.2 Å². The predicted octanol–water partition coefficient (Wildman–Crippen LogP) is 2.93. The van der Waals surface area contributed by atoms with Gasteiger partial charge in [0.25, 0.3) is 15.9 Å². The molecule has 1 N–H and O–H groups in total. The average Bonchev–Trinajstić information content (AvgIpc) is 2.84. The van der Waals surface area contributed by atoms with E-state index in [1.807, 2.05) is 6.92 Å². The van der Waals surface area contributed by atoms with Gasteiger partial charge in [0.05, 0.1) is 27.4 Å². The SMILES string of the molecule is Cc1ccc(S(=O)(=O)Nc2ccc3c4c(ccnc24)C(=O)N3C)cc1. The predicted molar refractivity (Wildman–Crippen MR) is 96.5 cm³/mol. The van der Waals surface area contributed by atoms with Gasteiger partial charge in [-0.3, -0.25) is 14.5 Å². The fourth-order valence-electron chi connectivity index (χ4n) is 3.00. The van der Waals surface area contributed by atoms with E-state index in [-0.39, 0.29) is 10.8 Å². The molecule has 1 amide bonds. The fourth-order valence-corrected chi connectivity index (χ4v) is 4.07. The van der Waals surface area contributed by atoms with Crippen LogP contribution in [0.4, 0.5) is 11.4 Å². The summed E-state index contributed by atoms with van der Waals surface area (Å²) in [5.74, 6) is -0.124. The first kappa shape index (κ1) is 15.6. The monoisotopic (exact) mass is 353 g/mol. The van der Waals surface area contributed by atoms with E-state index in [0.717, 1.165) is 11.3 Å². The van der Waals surface area contributed by atoms with Crippen LogP contribution in [0.15, 0.2) is 53.6 Å². The van der Waals surface area contributed by atoms with Crippen LogP contribution in [0.3, 0.4) is 0 Å². The van der Waals surface area contributed by atoms with Gasteiger partial charge in [0, 0.05) is 18.6 Å². The van der Waals surface area contributed by atoms with Gasteiger partial charge in [-0.15, -0.1) is 0 Å². The minimum atomic E-state index is -3.74. The number of aryl methyl sites for hydroxylation is 1. The van der Waals surface area contributed by atoms with Gasteiger partial charge in [-0.1, -0.05) is 17.7 Å². The Bertz CT molecular complexity index is 1120. The average molecular weight is 353 g/mol. The number of hydrogen-bond acceptors (Lipinski definition) is 4. The molecular formula is C18H15N3O3S. The maximum Gasteiger partial charge on any atom is 0.261 e. The number of benzene rings is 2. The van der Waals surface area contributed by atoms with Crippen LogP contribution in [0.5, 0.6) is 0 Å². The van der Waals surface area contributed by atoms with Gasteiger partial charge >= 0.3 is 0 Å². The molecule has 6 nitrogen and oxygen atoms in total. The molecule has 1 aromatic heterocycles. The summed E-state index contributed by atoms with van der Waals surface area (Å²) in [6, 6.07) is 11.6. The second kappa shape index (κ2) is 5.29. The van der Waals surface area contributed by atoms with E-state index in [1.54, 1.807) is 49.5 Å². The first-order valence-corrected chi connectivity index (χ1v) is 9.16. The Balaban J connectivity index is 1.84. The van der Waals surface area contributed by atoms with Crippen LogP contribution < -0.4 is 9.62 Å². The van der Waals surface area contributed by atoms with Gasteiger partial charge in [-0.2, -0.15) is 0 Å². The maximum absolute atomic E-state index is 12.7. The number of rotatable bonds is 3. The molecular weight excluding hydrogens is 338 g/mol. The summed E-state index contributed by atoms with van der Waals surface area (Å²) in [7, 11) is -2.05. The van der Waals surface area contributed by atoms with E-state index < -0.39 is 10.0 Å². The quantitative estimate of drug-likeness (QED) is 0.785. The summed E-state index contributed by atoms with van der Waals surface area (Å²) in [4.78, 5) is 18.3. The van der Waals surface area contributed by atoms with Crippen LogP contribution in [-0.2, 0) is 10.0 Å². The molecule has 1 aliphatic rings. The standard InChI is InChI=1S/C18H15N3O3S/c1-11-3-5-12(6-4-11)25(23,24)20-14-7-8-15-16-13(18(22)21(15)2)9-10-19-17(14)16/h3-10,20H,1-2H3. The zero-order valence-electron chi connectivity index (χ0n) is 13.6. The Kier molecular flexibility index (Phi) is 3.30. The molecule has 0 saturated heterocycles. The molecule has 3 aromatic rings. The Morgan fingerprint density at radius 3 is 2.48 bits per heavy atom. The van der Waals surface area contributed by atoms with Crippen molar-refractivity contribution in [3.05, 3.63) is 59.8 Å². The van der Waals surface area contributed by atoms with Crippen molar-refractivity contribution in [3.8, 4) is 0 Å². The Morgan fingerprint density at radius 2 is 1.76 bits per heavy atom. The summed E-state index contributed by atoms with van der Waals surface area (Å²) in [6.45, 7) is 1.89. The van der Waals surface area contributed by atoms with E-state index in [1.165, 1.54) is 11.1 Å². The third-order valence-corrected chi connectivity index (χ3v) is 5.72. The number of sulfonamides is 1. The number of nitrogens with one attached hydrogen (secondary N) is 1. The van der Waals surface area contributed by atoms with Crippen LogP contribution in [0.2, 0.25) is 0 Å². The second-order valence-electron chi connectivity index (χ2n) is 6.00. The summed E-state index contributed by atoms with van der Waals surface area (Å²) in [5, 5.41) is 0.666. The molecule has 0 spiro atoms. The normalized spacial score (nSPS) is 13.5. The third-order valence-electron chi connectivity index (χ3n) is 4.34. The highest BCUT2D eigenvalue weighted by molar-refractivity contribution is 7.92. The highest BCUT2D eigenvalue weighted by Gasteiger charge is 2.29. The topological polar surface area (TPSA) is 79.4 Å². The van der Waals surface area contributed by atoms with Crippen LogP contribution in [-0.4, -0.2) is 26.4 Å². The van der Waals surface area contributed by atoms with Crippen molar-refractivity contribution in [2.24, 2.45) is 0 Å². The van der Waals surface area contributed by atoms with Gasteiger partial charge in [0.15, 0.2) is 0 Å². The molecule has 0 fully saturated rings. The summed E-state index contributed by atoms with van der Waals surface area (Å²) >= 11 is 0. The summed E-state index contributed by atoms with van der Waals surface area (Å²) < 4.78 is 27.9. The van der Waals surface area contributed by atoms with E-state index in [4.69, 9.17) is 0 Å². The lowest BCUT2D eigenvalue weighted by Crippen LogP contribution is -2.20. The smallest absolute Gasteiger partial charge is 0.261 e. The molecule has 7 heteroatoms. The lowest BCUT2D eigenvalue weighted by atomic mass is 10.1. The zero-order valence-corrected chi connectivity index (χ0v) is 14.5. The number of hydrogen-bond donors (Lipinski definition) is 1. The van der Waals surface area contributed by atoms with Crippen LogP contribution in [0.25, 0.3) is 10.9 Å². The van der Waals surface area contributed by atoms with Gasteiger partial charge < -0.3 is 4.90 Å². The van der Waals surface area contributed by atoms with E-state index in [0.29, 0.717) is 22.2 Å². The van der Waals surface area contributed by atoms with Gasteiger partial charge in [0.2, 0.25) is 0 Å². The molecule has 126 valence electrons. The highest BCUT2D eigenvalue weighted by Crippen LogP contribution is 2.39. The number of carbonyl (C=O) groups is 1. The Morgan fingerprint density at radius 1 is 1.04 bits per heavy atom. The van der Waals surface area contributed by atoms with Crippen molar-refractivity contribution in [3.63, 3.8) is 0 Å². The van der Waals surface area contributed by atoms with Crippen LogP contribution in [0.1, 0.15) is 15.9 Å². The molecule has 2 aromatic carbocycles. The Labute approximate surface area is 145 Å². The van der Waals surface area contributed by atoms with Crippen molar-refractivity contribution in [2.45, 2.75) is 11.8 Å². The molecule has 2 heterocycles. The number of amides is 1. The maximum atomic E-state index is 12.7. The van der Waals surface area contributed by atoms with E-state index in [2.05, 4.69) is 9.71 Å². The van der Waals surface area contributed by atoms with Crippen molar-refractivity contribution in [1.29, 1.82) is 0 Å². The number of carbonyl (C=O) groups excluding carboxylic acids is 1. The first-order chi connectivity index (χ1) is 11.9. The number of nitrogens with zero attached hydrogens (tertiary/aromatic N) is 2. The van der Waals surface area contributed by atoms with Gasteiger partial charge in [-0.25, -0.2) is 8.42 Å². The minimum Gasteiger partial charge on any atom is -0.311 e. The van der Waals surface area contributed by atoms with Crippen molar-refractivity contribution in [2.75, 3.05) is 16.7 Å². The number of anilines is 2. The van der Waals surface area contributed by atoms with E-state index >= 15 is 0 Å². The lowest BCUT2D eigenvalue weighted by molar-refractivity contribution is 0.0999. The highest BCUT2D eigenvalue weighted by atomic mass is 32.2. The lowest BCUT2D eigenvalue weighted by Gasteiger charge is -2.13. The number of pyridine rings is 1. The molecule has 0 aliphatic carbocycles. The van der Waals surface area contributed by atoms with Crippen molar-refractivity contribution in [1.82, 2.24) is 4.98 Å². The first-order valence-electron chi connectivity index (χ1n) is 7.68. The largest absolute Gasteiger partial charge is 0.311 e. The zero-order chi connectivity index (χ0) is 17.8. The molecule has 1 aliphatic heterocycles. The molecule has 0 saturated carbocycles. The Hall–Kier alpha value is -2.93. The molecule has 4 rings (SSSR count). The number of aromatic nitrogens is 1. The molecule has 0 radical (unpaired) electrons. The van der Waals surface area contributed by atoms with Crippen molar-refractivity contribution < 1.29 is 13.2 Å². The summed E-state index contributed by atoms with van der Waals surface area (Å²) in [5.41, 5.74) is 3.04. The molecule has 0 unspecified atom stereocenters. The second-order valence-corrected chi connectivity index (χ2v) is 7.68. The third kappa shape index (κ3) is 2.35. The van der Waals surface area contributed by atoms with Gasteiger partial charge in [0.1, 0.15) is 0 Å². The van der Waals surface area contributed by atoms with Crippen LogP contribution >= 0.6 is 0 Å². The fraction of sp³-hybridized carbons (Fsp3) is 0.111. The molecule has 25 heavy (non-hydrogen) atoms.